The minimum absolute atomic E-state index is 0.0952. The van der Waals surface area contributed by atoms with Crippen LogP contribution < -0.4 is 10.2 Å². The fourth-order valence-corrected chi connectivity index (χ4v) is 4.40. The maximum atomic E-state index is 9.63. The predicted octanol–water partition coefficient (Wildman–Crippen LogP) is 2.92. The van der Waals surface area contributed by atoms with E-state index in [-0.39, 0.29) is 6.10 Å². The van der Waals surface area contributed by atoms with Crippen LogP contribution in [0.25, 0.3) is 0 Å². The number of hydrogen-bond acceptors (Lipinski definition) is 4. The fraction of sp³-hybridized carbons (Fsp3) is 0.708. The van der Waals surface area contributed by atoms with Gasteiger partial charge in [0.2, 0.25) is 0 Å². The molecule has 1 aromatic carbocycles. The number of aliphatic imine (C=N–C) groups is 1. The Morgan fingerprint density at radius 1 is 1.10 bits per heavy atom. The number of hydrogen-bond donors (Lipinski definition) is 2. The van der Waals surface area contributed by atoms with Crippen LogP contribution in [-0.4, -0.2) is 79.8 Å². The van der Waals surface area contributed by atoms with Gasteiger partial charge in [-0.1, -0.05) is 12.1 Å². The van der Waals surface area contributed by atoms with Gasteiger partial charge in [-0.25, -0.2) is 0 Å². The molecule has 0 aromatic heterocycles. The number of nitrogens with one attached hydrogen (secondary N) is 1. The van der Waals surface area contributed by atoms with Gasteiger partial charge in [0.1, 0.15) is 0 Å². The molecule has 0 saturated carbocycles. The van der Waals surface area contributed by atoms with Crippen LogP contribution >= 0.6 is 0 Å². The van der Waals surface area contributed by atoms with Gasteiger partial charge in [0.15, 0.2) is 5.96 Å². The molecule has 1 aromatic rings. The van der Waals surface area contributed by atoms with Crippen LogP contribution in [0.2, 0.25) is 0 Å². The van der Waals surface area contributed by atoms with Gasteiger partial charge in [0.25, 0.3) is 0 Å². The van der Waals surface area contributed by atoms with Crippen LogP contribution in [0.1, 0.15) is 51.0 Å². The number of likely N-dealkylation sites (tertiary alicyclic amines) is 1. The number of guanidine groups is 1. The number of aliphatic hydroxyl groups excluding tert-OH is 1. The molecule has 0 bridgehead atoms. The Kier molecular flexibility index (Phi) is 9.27. The van der Waals surface area contributed by atoms with E-state index in [4.69, 9.17) is 4.99 Å². The highest BCUT2D eigenvalue weighted by Gasteiger charge is 2.16. The summed E-state index contributed by atoms with van der Waals surface area (Å²) in [6.07, 6.45) is 6.77. The summed E-state index contributed by atoms with van der Waals surface area (Å²) in [6.45, 7) is 10.2. The Morgan fingerprint density at radius 2 is 1.80 bits per heavy atom. The Morgan fingerprint density at radius 3 is 2.47 bits per heavy atom. The summed E-state index contributed by atoms with van der Waals surface area (Å²) in [4.78, 5) is 12.0. The van der Waals surface area contributed by atoms with E-state index < -0.39 is 0 Å². The highest BCUT2D eigenvalue weighted by atomic mass is 16.3. The lowest BCUT2D eigenvalue weighted by atomic mass is 10.1. The second kappa shape index (κ2) is 12.2. The van der Waals surface area contributed by atoms with E-state index in [2.05, 4.69) is 58.3 Å². The molecule has 0 unspecified atom stereocenters. The van der Waals surface area contributed by atoms with Gasteiger partial charge in [0.05, 0.1) is 6.10 Å². The molecule has 0 spiro atoms. The van der Waals surface area contributed by atoms with Crippen LogP contribution in [0.4, 0.5) is 5.69 Å². The molecule has 3 rings (SSSR count). The number of aliphatic hydroxyl groups is 1. The largest absolute Gasteiger partial charge is 0.393 e. The molecule has 2 saturated heterocycles. The summed E-state index contributed by atoms with van der Waals surface area (Å²) in [7, 11) is 2.12. The van der Waals surface area contributed by atoms with E-state index in [0.717, 1.165) is 64.5 Å². The van der Waals surface area contributed by atoms with Crippen LogP contribution in [0.5, 0.6) is 0 Å². The quantitative estimate of drug-likeness (QED) is 0.388. The maximum Gasteiger partial charge on any atom is 0.193 e. The van der Waals surface area contributed by atoms with Crippen molar-refractivity contribution < 1.29 is 5.11 Å². The average molecular weight is 416 g/mol. The first-order valence-electron chi connectivity index (χ1n) is 11.9. The van der Waals surface area contributed by atoms with Crippen LogP contribution in [0.15, 0.2) is 29.3 Å². The van der Waals surface area contributed by atoms with Crippen LogP contribution in [-0.2, 0) is 6.54 Å². The van der Waals surface area contributed by atoms with Crippen molar-refractivity contribution >= 4 is 11.6 Å². The minimum Gasteiger partial charge on any atom is -0.393 e. The number of anilines is 1. The van der Waals surface area contributed by atoms with Crippen LogP contribution in [0.3, 0.4) is 0 Å². The molecule has 0 amide bonds. The molecule has 0 atom stereocenters. The summed E-state index contributed by atoms with van der Waals surface area (Å²) >= 11 is 0. The molecule has 2 aliphatic rings. The summed E-state index contributed by atoms with van der Waals surface area (Å²) in [6, 6.07) is 9.06. The fourth-order valence-electron chi connectivity index (χ4n) is 4.40. The van der Waals surface area contributed by atoms with E-state index in [0.29, 0.717) is 0 Å². The molecule has 168 valence electrons. The van der Waals surface area contributed by atoms with Crippen molar-refractivity contribution in [1.82, 2.24) is 15.1 Å². The molecule has 2 aliphatic heterocycles. The van der Waals surface area contributed by atoms with E-state index >= 15 is 0 Å². The first kappa shape index (κ1) is 22.9. The first-order chi connectivity index (χ1) is 14.7. The lowest BCUT2D eigenvalue weighted by molar-refractivity contribution is 0.0824. The highest BCUT2D eigenvalue weighted by molar-refractivity contribution is 5.79. The summed E-state index contributed by atoms with van der Waals surface area (Å²) < 4.78 is 0. The third-order valence-corrected chi connectivity index (χ3v) is 6.22. The first-order valence-corrected chi connectivity index (χ1v) is 11.9. The summed E-state index contributed by atoms with van der Waals surface area (Å²) in [5.74, 6) is 0.978. The van der Waals surface area contributed by atoms with Gasteiger partial charge in [-0.3, -0.25) is 4.99 Å². The normalized spacial score (nSPS) is 19.2. The number of piperidine rings is 2. The van der Waals surface area contributed by atoms with Gasteiger partial charge < -0.3 is 25.1 Å². The molecular formula is C24H41N5O. The predicted molar refractivity (Wildman–Crippen MR) is 126 cm³/mol. The van der Waals surface area contributed by atoms with E-state index in [1.54, 1.807) is 0 Å². The summed E-state index contributed by atoms with van der Waals surface area (Å²) in [5.41, 5.74) is 2.67. The third-order valence-electron chi connectivity index (χ3n) is 6.22. The Hall–Kier alpha value is -1.79. The topological polar surface area (TPSA) is 54.3 Å². The molecule has 0 radical (unpaired) electrons. The van der Waals surface area contributed by atoms with Crippen molar-refractivity contribution in [3.05, 3.63) is 29.8 Å². The van der Waals surface area contributed by atoms with E-state index in [1.165, 1.54) is 43.6 Å². The molecular weight excluding hydrogens is 374 g/mol. The lowest BCUT2D eigenvalue weighted by Gasteiger charge is -2.29. The number of benzene rings is 1. The molecule has 2 N–H and O–H groups in total. The van der Waals surface area contributed by atoms with Gasteiger partial charge in [0, 0.05) is 58.5 Å². The third kappa shape index (κ3) is 7.17. The molecule has 2 heterocycles. The molecule has 6 nitrogen and oxygen atoms in total. The SMILES string of the molecule is CCNC(=NCCCN1CCC(O)CC1)N(C)Cc1ccc(N2CCCCC2)cc1. The minimum atomic E-state index is -0.0952. The molecule has 30 heavy (non-hydrogen) atoms. The Balaban J connectivity index is 1.46. The number of nitrogens with zero attached hydrogens (tertiary/aromatic N) is 4. The lowest BCUT2D eigenvalue weighted by Crippen LogP contribution is -2.39. The van der Waals surface area contributed by atoms with Gasteiger partial charge in [-0.2, -0.15) is 0 Å². The standard InChI is InChI=1S/C24H41N5O/c1-3-25-24(26-14-7-15-28-18-12-23(30)13-19-28)27(2)20-21-8-10-22(11-9-21)29-16-5-4-6-17-29/h8-11,23,30H,3-7,12-20H2,1-2H3,(H,25,26). The molecule has 6 heteroatoms. The van der Waals surface area contributed by atoms with Crippen LogP contribution in [0, 0.1) is 0 Å². The zero-order chi connectivity index (χ0) is 21.2. The van der Waals surface area contributed by atoms with Crippen molar-refractivity contribution in [3.8, 4) is 0 Å². The van der Waals surface area contributed by atoms with E-state index in [1.807, 2.05) is 0 Å². The highest BCUT2D eigenvalue weighted by Crippen LogP contribution is 2.20. The van der Waals surface area contributed by atoms with Crippen molar-refractivity contribution in [2.24, 2.45) is 4.99 Å². The zero-order valence-electron chi connectivity index (χ0n) is 19.0. The average Bonchev–Trinajstić information content (AvgIpc) is 2.78. The van der Waals surface area contributed by atoms with Gasteiger partial charge in [-0.05, 0) is 69.7 Å². The van der Waals surface area contributed by atoms with E-state index in [9.17, 15) is 5.11 Å². The smallest absolute Gasteiger partial charge is 0.193 e. The Bertz CT molecular complexity index is 634. The maximum absolute atomic E-state index is 9.63. The van der Waals surface area contributed by atoms with Crippen molar-refractivity contribution in [2.45, 2.75) is 58.1 Å². The van der Waals surface area contributed by atoms with Crippen molar-refractivity contribution in [2.75, 3.05) is 57.8 Å². The number of rotatable bonds is 8. The summed E-state index contributed by atoms with van der Waals surface area (Å²) in [5, 5.41) is 13.1. The van der Waals surface area contributed by atoms with Gasteiger partial charge >= 0.3 is 0 Å². The van der Waals surface area contributed by atoms with Gasteiger partial charge in [-0.15, -0.1) is 0 Å². The monoisotopic (exact) mass is 415 g/mol. The molecule has 0 aliphatic carbocycles. The second-order valence-corrected chi connectivity index (χ2v) is 8.73. The van der Waals surface area contributed by atoms with Crippen molar-refractivity contribution in [1.29, 1.82) is 0 Å². The Labute approximate surface area is 183 Å². The second-order valence-electron chi connectivity index (χ2n) is 8.73. The zero-order valence-corrected chi connectivity index (χ0v) is 19.0. The molecule has 2 fully saturated rings. The van der Waals surface area contributed by atoms with Crippen molar-refractivity contribution in [3.63, 3.8) is 0 Å².